The third kappa shape index (κ3) is 4.72. The Hall–Kier alpha value is -3.39. The molecule has 146 valence electrons. The molecule has 0 aliphatic heterocycles. The molecule has 0 bridgehead atoms. The summed E-state index contributed by atoms with van der Waals surface area (Å²) in [6.45, 7) is 0.456. The molecule has 2 aromatic heterocycles. The van der Waals surface area contributed by atoms with Crippen LogP contribution in [0.4, 0.5) is 0 Å². The zero-order valence-corrected chi connectivity index (χ0v) is 16.8. The molecule has 0 unspecified atom stereocenters. The largest absolute Gasteiger partial charge is 0.483 e. The van der Waals surface area contributed by atoms with E-state index in [9.17, 15) is 4.79 Å². The third-order valence-electron chi connectivity index (χ3n) is 4.03. The lowest BCUT2D eigenvalue weighted by Crippen LogP contribution is -2.23. The van der Waals surface area contributed by atoms with Gasteiger partial charge in [0.1, 0.15) is 5.75 Å². The zero-order valence-electron chi connectivity index (χ0n) is 15.2. The van der Waals surface area contributed by atoms with Crippen molar-refractivity contribution in [3.63, 3.8) is 0 Å². The van der Waals surface area contributed by atoms with Gasteiger partial charge in [0.25, 0.3) is 17.7 Å². The van der Waals surface area contributed by atoms with E-state index in [0.717, 1.165) is 5.56 Å². The SMILES string of the molecule is O=C(NCc1ccccc1)c1ccccc1OCc1nnc(-c2ccc(Br)o2)o1. The Balaban J connectivity index is 1.41. The van der Waals surface area contributed by atoms with Gasteiger partial charge >= 0.3 is 0 Å². The first-order valence-electron chi connectivity index (χ1n) is 8.81. The molecule has 4 aromatic rings. The summed E-state index contributed by atoms with van der Waals surface area (Å²) in [4.78, 5) is 12.6. The lowest BCUT2D eigenvalue weighted by atomic mass is 10.1. The highest BCUT2D eigenvalue weighted by Crippen LogP contribution is 2.24. The van der Waals surface area contributed by atoms with E-state index < -0.39 is 0 Å². The number of nitrogens with one attached hydrogen (secondary N) is 1. The molecule has 4 rings (SSSR count). The molecule has 2 heterocycles. The Morgan fingerprint density at radius 2 is 1.76 bits per heavy atom. The smallest absolute Gasteiger partial charge is 0.283 e. The Kier molecular flexibility index (Phi) is 5.71. The monoisotopic (exact) mass is 453 g/mol. The number of benzene rings is 2. The molecule has 8 heteroatoms. The lowest BCUT2D eigenvalue weighted by Gasteiger charge is -2.10. The molecule has 0 saturated heterocycles. The maximum atomic E-state index is 12.6. The first-order chi connectivity index (χ1) is 14.2. The van der Waals surface area contributed by atoms with Crippen LogP contribution in [-0.4, -0.2) is 16.1 Å². The minimum absolute atomic E-state index is 0.0257. The summed E-state index contributed by atoms with van der Waals surface area (Å²) in [6, 6.07) is 20.1. The number of carbonyl (C=O) groups is 1. The molecular weight excluding hydrogens is 438 g/mol. The van der Waals surface area contributed by atoms with Gasteiger partial charge in [-0.2, -0.15) is 0 Å². The van der Waals surface area contributed by atoms with Crippen molar-refractivity contribution in [2.45, 2.75) is 13.2 Å². The van der Waals surface area contributed by atoms with Crippen molar-refractivity contribution in [3.8, 4) is 17.4 Å². The Labute approximate surface area is 174 Å². The first kappa shape index (κ1) is 18.9. The van der Waals surface area contributed by atoms with Crippen LogP contribution in [0.15, 0.2) is 80.2 Å². The molecule has 0 spiro atoms. The van der Waals surface area contributed by atoms with E-state index in [2.05, 4.69) is 31.4 Å². The number of amides is 1. The number of halogens is 1. The topological polar surface area (TPSA) is 90.4 Å². The first-order valence-corrected chi connectivity index (χ1v) is 9.60. The summed E-state index contributed by atoms with van der Waals surface area (Å²) in [5.74, 6) is 1.18. The maximum absolute atomic E-state index is 12.6. The molecular formula is C21H16BrN3O4. The molecule has 1 amide bonds. The minimum atomic E-state index is -0.226. The third-order valence-corrected chi connectivity index (χ3v) is 4.46. The van der Waals surface area contributed by atoms with Gasteiger partial charge in [0.2, 0.25) is 0 Å². The van der Waals surface area contributed by atoms with Crippen molar-refractivity contribution in [3.05, 3.63) is 88.4 Å². The molecule has 0 aliphatic carbocycles. The second-order valence-corrected chi connectivity index (χ2v) is 6.84. The van der Waals surface area contributed by atoms with Crippen LogP contribution < -0.4 is 10.1 Å². The highest BCUT2D eigenvalue weighted by Gasteiger charge is 2.15. The fourth-order valence-electron chi connectivity index (χ4n) is 2.63. The quantitative estimate of drug-likeness (QED) is 0.439. The van der Waals surface area contributed by atoms with Crippen molar-refractivity contribution >= 4 is 21.8 Å². The molecule has 7 nitrogen and oxygen atoms in total. The van der Waals surface area contributed by atoms with Crippen LogP contribution in [-0.2, 0) is 13.2 Å². The molecule has 1 N–H and O–H groups in total. The summed E-state index contributed by atoms with van der Waals surface area (Å²) in [7, 11) is 0. The molecule has 0 fully saturated rings. The Morgan fingerprint density at radius 3 is 2.55 bits per heavy atom. The van der Waals surface area contributed by atoms with Gasteiger partial charge in [-0.1, -0.05) is 42.5 Å². The number of ether oxygens (including phenoxy) is 1. The molecule has 2 aromatic carbocycles. The van der Waals surface area contributed by atoms with Gasteiger partial charge in [0, 0.05) is 6.54 Å². The summed E-state index contributed by atoms with van der Waals surface area (Å²) in [5, 5.41) is 10.8. The zero-order chi connectivity index (χ0) is 20.1. The average molecular weight is 454 g/mol. The van der Waals surface area contributed by atoms with Gasteiger partial charge in [-0.15, -0.1) is 10.2 Å². The van der Waals surface area contributed by atoms with Crippen LogP contribution in [0.3, 0.4) is 0 Å². The second kappa shape index (κ2) is 8.74. The number of hydrogen-bond donors (Lipinski definition) is 1. The van der Waals surface area contributed by atoms with Crippen molar-refractivity contribution in [2.75, 3.05) is 0 Å². The minimum Gasteiger partial charge on any atom is -0.483 e. The maximum Gasteiger partial charge on any atom is 0.283 e. The fraction of sp³-hybridized carbons (Fsp3) is 0.0952. The van der Waals surface area contributed by atoms with E-state index in [0.29, 0.717) is 28.3 Å². The number of carbonyl (C=O) groups excluding carboxylic acids is 1. The van der Waals surface area contributed by atoms with Gasteiger partial charge < -0.3 is 18.9 Å². The second-order valence-electron chi connectivity index (χ2n) is 6.06. The van der Waals surface area contributed by atoms with Crippen molar-refractivity contribution < 1.29 is 18.4 Å². The van der Waals surface area contributed by atoms with E-state index >= 15 is 0 Å². The number of rotatable bonds is 7. The highest BCUT2D eigenvalue weighted by molar-refractivity contribution is 9.10. The van der Waals surface area contributed by atoms with Gasteiger partial charge in [-0.05, 0) is 45.8 Å². The van der Waals surface area contributed by atoms with Gasteiger partial charge in [-0.25, -0.2) is 0 Å². The summed E-state index contributed by atoms with van der Waals surface area (Å²) in [6.07, 6.45) is 0. The number of aromatic nitrogens is 2. The number of para-hydroxylation sites is 1. The standard InChI is InChI=1S/C21H16BrN3O4/c22-18-11-10-17(28-18)21-25-24-19(29-21)13-27-16-9-5-4-8-15(16)20(26)23-12-14-6-2-1-3-7-14/h1-11H,12-13H2,(H,23,26). The predicted molar refractivity (Wildman–Crippen MR) is 108 cm³/mol. The summed E-state index contributed by atoms with van der Waals surface area (Å²) < 4.78 is 17.3. The van der Waals surface area contributed by atoms with E-state index in [-0.39, 0.29) is 24.3 Å². The highest BCUT2D eigenvalue weighted by atomic mass is 79.9. The van der Waals surface area contributed by atoms with Gasteiger partial charge in [-0.3, -0.25) is 4.79 Å². The normalized spacial score (nSPS) is 10.7. The van der Waals surface area contributed by atoms with Crippen LogP contribution in [0.2, 0.25) is 0 Å². The molecule has 0 radical (unpaired) electrons. The molecule has 0 aliphatic rings. The van der Waals surface area contributed by atoms with E-state index in [4.69, 9.17) is 13.6 Å². The molecule has 0 saturated carbocycles. The fourth-order valence-corrected chi connectivity index (χ4v) is 2.94. The Morgan fingerprint density at radius 1 is 0.966 bits per heavy atom. The van der Waals surface area contributed by atoms with Crippen LogP contribution in [0.1, 0.15) is 21.8 Å². The number of hydrogen-bond acceptors (Lipinski definition) is 6. The predicted octanol–water partition coefficient (Wildman–Crippen LogP) is 4.60. The van der Waals surface area contributed by atoms with Crippen LogP contribution >= 0.6 is 15.9 Å². The number of nitrogens with zero attached hydrogens (tertiary/aromatic N) is 2. The van der Waals surface area contributed by atoms with Gasteiger partial charge in [0.05, 0.1) is 5.56 Å². The number of furan rings is 1. The molecule has 0 atom stereocenters. The van der Waals surface area contributed by atoms with Crippen LogP contribution in [0.5, 0.6) is 5.75 Å². The van der Waals surface area contributed by atoms with Crippen molar-refractivity contribution in [1.82, 2.24) is 15.5 Å². The summed E-state index contributed by atoms with van der Waals surface area (Å²) >= 11 is 3.23. The van der Waals surface area contributed by atoms with Gasteiger partial charge in [0.15, 0.2) is 17.0 Å². The van der Waals surface area contributed by atoms with E-state index in [1.165, 1.54) is 0 Å². The van der Waals surface area contributed by atoms with Crippen molar-refractivity contribution in [2.24, 2.45) is 0 Å². The van der Waals surface area contributed by atoms with E-state index in [1.807, 2.05) is 30.3 Å². The Bertz CT molecular complexity index is 1110. The average Bonchev–Trinajstić information content (AvgIpc) is 3.40. The summed E-state index contributed by atoms with van der Waals surface area (Å²) in [5.41, 5.74) is 1.44. The lowest BCUT2D eigenvalue weighted by molar-refractivity contribution is 0.0945. The van der Waals surface area contributed by atoms with E-state index in [1.54, 1.807) is 36.4 Å². The van der Waals surface area contributed by atoms with Crippen molar-refractivity contribution in [1.29, 1.82) is 0 Å². The molecule has 29 heavy (non-hydrogen) atoms. The van der Waals surface area contributed by atoms with Crippen LogP contribution in [0.25, 0.3) is 11.7 Å². The van der Waals surface area contributed by atoms with Crippen LogP contribution in [0, 0.1) is 0 Å².